The largest absolute Gasteiger partial charge is 0.497 e. The minimum Gasteiger partial charge on any atom is -0.497 e. The number of urea groups is 1. The topological polar surface area (TPSA) is 83.5 Å². The van der Waals surface area contributed by atoms with Gasteiger partial charge in [0, 0.05) is 25.6 Å². The Balaban J connectivity index is 1.88. The van der Waals surface area contributed by atoms with E-state index in [1.807, 2.05) is 45.0 Å². The Hall–Kier alpha value is -3.46. The Kier molecular flexibility index (Phi) is 8.45. The zero-order chi connectivity index (χ0) is 25.6. The third-order valence-electron chi connectivity index (χ3n) is 5.50. The van der Waals surface area contributed by atoms with E-state index in [-0.39, 0.29) is 43.5 Å². The fourth-order valence-electron chi connectivity index (χ4n) is 3.73. The normalized spacial score (nSPS) is 15.5. The van der Waals surface area contributed by atoms with Gasteiger partial charge in [0.2, 0.25) is 0 Å². The number of rotatable bonds is 8. The molecule has 3 rings (SSSR count). The molecule has 35 heavy (non-hydrogen) atoms. The van der Waals surface area contributed by atoms with Gasteiger partial charge >= 0.3 is 6.03 Å². The Morgan fingerprint density at radius 1 is 1.11 bits per heavy atom. The number of benzene rings is 2. The molecule has 2 aromatic rings. The van der Waals surface area contributed by atoms with Crippen molar-refractivity contribution in [2.24, 2.45) is 5.10 Å². The Morgan fingerprint density at radius 2 is 1.77 bits per heavy atom. The highest BCUT2D eigenvalue weighted by Crippen LogP contribution is 2.33. The number of amides is 3. The van der Waals surface area contributed by atoms with Crippen LogP contribution in [0.3, 0.4) is 0 Å². The smallest absolute Gasteiger partial charge is 0.318 e. The Bertz CT molecular complexity index is 1050. The number of hydrazone groups is 1. The maximum atomic E-state index is 13.5. The van der Waals surface area contributed by atoms with Crippen LogP contribution in [0.5, 0.6) is 5.75 Å². The summed E-state index contributed by atoms with van der Waals surface area (Å²) in [6, 6.07) is 12.7. The predicted octanol–water partition coefficient (Wildman–Crippen LogP) is 3.97. The number of carbonyl (C=O) groups is 2. The monoisotopic (exact) mass is 484 g/mol. The minimum absolute atomic E-state index is 0.169. The number of nitrogens with one attached hydrogen (secondary N) is 1. The first-order chi connectivity index (χ1) is 16.6. The third-order valence-corrected chi connectivity index (χ3v) is 5.50. The number of methoxy groups -OCH3 is 2. The molecule has 0 bridgehead atoms. The zero-order valence-electron chi connectivity index (χ0n) is 20.9. The molecule has 8 nitrogen and oxygen atoms in total. The van der Waals surface area contributed by atoms with Gasteiger partial charge in [-0.1, -0.05) is 24.3 Å². The van der Waals surface area contributed by atoms with Crippen molar-refractivity contribution in [3.8, 4) is 5.75 Å². The van der Waals surface area contributed by atoms with Crippen LogP contribution >= 0.6 is 0 Å². The molecule has 188 valence electrons. The number of halogens is 1. The molecule has 0 fully saturated rings. The van der Waals surface area contributed by atoms with Crippen LogP contribution in [-0.2, 0) is 9.53 Å². The van der Waals surface area contributed by atoms with E-state index in [9.17, 15) is 14.0 Å². The number of carbonyl (C=O) groups excluding carboxylic acids is 2. The summed E-state index contributed by atoms with van der Waals surface area (Å²) in [6.07, 6.45) is 0.454. The van der Waals surface area contributed by atoms with Crippen LogP contribution in [0.15, 0.2) is 53.6 Å². The number of nitrogens with zero attached hydrogens (tertiary/aromatic N) is 3. The molecular formula is C26H33FN4O4. The molecule has 1 atom stereocenters. The van der Waals surface area contributed by atoms with E-state index in [4.69, 9.17) is 9.47 Å². The predicted molar refractivity (Wildman–Crippen MR) is 132 cm³/mol. The first-order valence-electron chi connectivity index (χ1n) is 11.5. The molecule has 9 heteroatoms. The Morgan fingerprint density at radius 3 is 2.34 bits per heavy atom. The zero-order valence-corrected chi connectivity index (χ0v) is 20.9. The summed E-state index contributed by atoms with van der Waals surface area (Å²) < 4.78 is 23.9. The molecule has 1 heterocycles. The summed E-state index contributed by atoms with van der Waals surface area (Å²) in [7, 11) is 3.13. The van der Waals surface area contributed by atoms with Gasteiger partial charge in [-0.15, -0.1) is 0 Å². The lowest BCUT2D eigenvalue weighted by atomic mass is 9.98. The van der Waals surface area contributed by atoms with Crippen molar-refractivity contribution in [3.63, 3.8) is 0 Å². The standard InChI is InChI=1S/C26H33FN4O4/c1-26(2,3)28-25(33)30(14-15-34-4)17-24(32)31-23(19-8-12-21(35-5)13-9-19)16-22(29-31)18-6-10-20(27)11-7-18/h6-13,23H,14-17H2,1-5H3,(H,28,33). The molecule has 3 amide bonds. The van der Waals surface area contributed by atoms with Gasteiger partial charge in [0.15, 0.2) is 0 Å². The maximum Gasteiger partial charge on any atom is 0.318 e. The molecule has 1 unspecified atom stereocenters. The third kappa shape index (κ3) is 7.02. The highest BCUT2D eigenvalue weighted by molar-refractivity contribution is 6.03. The summed E-state index contributed by atoms with van der Waals surface area (Å²) in [5.41, 5.74) is 1.82. The van der Waals surface area contributed by atoms with E-state index >= 15 is 0 Å². The van der Waals surface area contributed by atoms with E-state index in [0.717, 1.165) is 11.1 Å². The molecular weight excluding hydrogens is 451 g/mol. The lowest BCUT2D eigenvalue weighted by Crippen LogP contribution is -2.52. The molecule has 0 radical (unpaired) electrons. The van der Waals surface area contributed by atoms with Crippen molar-refractivity contribution in [1.29, 1.82) is 0 Å². The van der Waals surface area contributed by atoms with Gasteiger partial charge in [-0.25, -0.2) is 14.2 Å². The average molecular weight is 485 g/mol. The second-order valence-corrected chi connectivity index (χ2v) is 9.38. The number of hydrogen-bond acceptors (Lipinski definition) is 5. The van der Waals surface area contributed by atoms with Crippen LogP contribution in [-0.4, -0.2) is 67.0 Å². The highest BCUT2D eigenvalue weighted by Gasteiger charge is 2.34. The van der Waals surface area contributed by atoms with Crippen LogP contribution in [0.2, 0.25) is 0 Å². The molecule has 0 saturated heterocycles. The average Bonchev–Trinajstić information content (AvgIpc) is 3.26. The van der Waals surface area contributed by atoms with Crippen LogP contribution in [0.1, 0.15) is 44.4 Å². The SMILES string of the molecule is COCCN(CC(=O)N1N=C(c2ccc(F)cc2)CC1c1ccc(OC)cc1)C(=O)NC(C)(C)C. The van der Waals surface area contributed by atoms with Crippen molar-refractivity contribution in [3.05, 3.63) is 65.5 Å². The van der Waals surface area contributed by atoms with E-state index in [1.165, 1.54) is 22.0 Å². The Labute approximate surface area is 205 Å². The van der Waals surface area contributed by atoms with Crippen molar-refractivity contribution < 1.29 is 23.5 Å². The van der Waals surface area contributed by atoms with E-state index in [1.54, 1.807) is 26.4 Å². The summed E-state index contributed by atoms with van der Waals surface area (Å²) in [6.45, 7) is 6.00. The lowest BCUT2D eigenvalue weighted by Gasteiger charge is -2.30. The van der Waals surface area contributed by atoms with Crippen molar-refractivity contribution in [2.45, 2.75) is 38.8 Å². The van der Waals surface area contributed by atoms with Crippen molar-refractivity contribution in [2.75, 3.05) is 33.9 Å². The van der Waals surface area contributed by atoms with Gasteiger partial charge in [-0.3, -0.25) is 4.79 Å². The molecule has 0 saturated carbocycles. The second-order valence-electron chi connectivity index (χ2n) is 9.38. The van der Waals surface area contributed by atoms with Crippen LogP contribution in [0.25, 0.3) is 0 Å². The molecule has 0 aliphatic carbocycles. The number of ether oxygens (including phenoxy) is 2. The van der Waals surface area contributed by atoms with E-state index in [0.29, 0.717) is 17.9 Å². The lowest BCUT2D eigenvalue weighted by molar-refractivity contribution is -0.133. The van der Waals surface area contributed by atoms with Gasteiger partial charge < -0.3 is 19.7 Å². The summed E-state index contributed by atoms with van der Waals surface area (Å²) in [4.78, 5) is 27.8. The fourth-order valence-corrected chi connectivity index (χ4v) is 3.73. The number of hydrogen-bond donors (Lipinski definition) is 1. The van der Waals surface area contributed by atoms with Crippen molar-refractivity contribution in [1.82, 2.24) is 15.2 Å². The fraction of sp³-hybridized carbons (Fsp3) is 0.423. The highest BCUT2D eigenvalue weighted by atomic mass is 19.1. The van der Waals surface area contributed by atoms with Gasteiger partial charge in [-0.05, 0) is 56.2 Å². The first-order valence-corrected chi connectivity index (χ1v) is 11.5. The van der Waals surface area contributed by atoms with E-state index in [2.05, 4.69) is 10.4 Å². The first kappa shape index (κ1) is 26.2. The molecule has 1 aliphatic heterocycles. The minimum atomic E-state index is -0.460. The van der Waals surface area contributed by atoms with Crippen LogP contribution in [0, 0.1) is 5.82 Å². The molecule has 1 N–H and O–H groups in total. The maximum absolute atomic E-state index is 13.5. The second kappa shape index (κ2) is 11.3. The van der Waals surface area contributed by atoms with Crippen LogP contribution < -0.4 is 10.1 Å². The van der Waals surface area contributed by atoms with Gasteiger partial charge in [0.05, 0.1) is 25.5 Å². The quantitative estimate of drug-likeness (QED) is 0.615. The van der Waals surface area contributed by atoms with Gasteiger partial charge in [-0.2, -0.15) is 5.10 Å². The van der Waals surface area contributed by atoms with E-state index < -0.39 is 5.54 Å². The molecule has 0 aromatic heterocycles. The summed E-state index contributed by atoms with van der Waals surface area (Å²) >= 11 is 0. The summed E-state index contributed by atoms with van der Waals surface area (Å²) in [5, 5.41) is 8.93. The summed E-state index contributed by atoms with van der Waals surface area (Å²) in [5.74, 6) is 0.0302. The van der Waals surface area contributed by atoms with Gasteiger partial charge in [0.1, 0.15) is 18.1 Å². The molecule has 1 aliphatic rings. The molecule has 2 aromatic carbocycles. The molecule has 0 spiro atoms. The van der Waals surface area contributed by atoms with Crippen molar-refractivity contribution >= 4 is 17.6 Å². The van der Waals surface area contributed by atoms with Gasteiger partial charge in [0.25, 0.3) is 5.91 Å². The van der Waals surface area contributed by atoms with Crippen LogP contribution in [0.4, 0.5) is 9.18 Å².